The van der Waals surface area contributed by atoms with Crippen molar-refractivity contribution in [3.05, 3.63) is 48.3 Å². The van der Waals surface area contributed by atoms with Gasteiger partial charge in [0.25, 0.3) is 0 Å². The van der Waals surface area contributed by atoms with Crippen molar-refractivity contribution < 1.29 is 38.1 Å². The maximum absolute atomic E-state index is 13.1. The molecule has 8 nitrogen and oxygen atoms in total. The summed E-state index contributed by atoms with van der Waals surface area (Å²) in [4.78, 5) is 37.9. The number of carbonyl (C=O) groups is 3. The Balaban J connectivity index is 1.89. The summed E-state index contributed by atoms with van der Waals surface area (Å²) in [5, 5.41) is 9.53. The van der Waals surface area contributed by atoms with Gasteiger partial charge in [-0.1, -0.05) is 24.8 Å². The highest BCUT2D eigenvalue weighted by Gasteiger charge is 2.75. The maximum atomic E-state index is 13.1. The molecule has 1 amide bonds. The molecule has 0 radical (unpaired) electrons. The number of hydrogen-bond acceptors (Lipinski definition) is 6. The minimum atomic E-state index is -1.55. The molecule has 5 atom stereocenters. The van der Waals surface area contributed by atoms with Crippen molar-refractivity contribution >= 4 is 18.3 Å². The first kappa shape index (κ1) is 21.9. The topological polar surface area (TPSA) is 102 Å². The molecular formula is C21H24FNO7. The molecule has 2 aliphatic rings. The van der Waals surface area contributed by atoms with Crippen LogP contribution in [0.25, 0.3) is 0 Å². The largest absolute Gasteiger partial charge is 0.481 e. The van der Waals surface area contributed by atoms with E-state index in [2.05, 4.69) is 6.58 Å². The first-order valence-corrected chi connectivity index (χ1v) is 9.50. The van der Waals surface area contributed by atoms with E-state index in [9.17, 15) is 23.9 Å². The Morgan fingerprint density at radius 3 is 2.63 bits per heavy atom. The van der Waals surface area contributed by atoms with Crippen molar-refractivity contribution in [2.24, 2.45) is 17.8 Å². The number of hydrogen-bond donors (Lipinski definition) is 1. The van der Waals surface area contributed by atoms with Crippen LogP contribution in [0.2, 0.25) is 0 Å². The van der Waals surface area contributed by atoms with Crippen LogP contribution in [-0.4, -0.2) is 60.4 Å². The Bertz CT molecular complexity index is 814. The second-order valence-corrected chi connectivity index (χ2v) is 7.43. The number of ether oxygens (including phenoxy) is 3. The molecule has 0 aromatic heterocycles. The average Bonchev–Trinajstić information content (AvgIpc) is 3.37. The number of carbonyl (C=O) groups excluding carboxylic acids is 2. The normalized spacial score (nSPS) is 29.0. The minimum Gasteiger partial charge on any atom is -0.481 e. The lowest BCUT2D eigenvalue weighted by atomic mass is 9.87. The summed E-state index contributed by atoms with van der Waals surface area (Å²) in [7, 11) is 1.36. The molecule has 0 unspecified atom stereocenters. The summed E-state index contributed by atoms with van der Waals surface area (Å²) in [6, 6.07) is 5.70. The molecule has 0 heterocycles. The van der Waals surface area contributed by atoms with Crippen LogP contribution in [0, 0.1) is 23.6 Å². The van der Waals surface area contributed by atoms with Crippen LogP contribution >= 0.6 is 0 Å². The van der Waals surface area contributed by atoms with Crippen molar-refractivity contribution in [3.8, 4) is 0 Å². The fourth-order valence-corrected chi connectivity index (χ4v) is 4.50. The predicted molar refractivity (Wildman–Crippen MR) is 102 cm³/mol. The van der Waals surface area contributed by atoms with E-state index >= 15 is 0 Å². The van der Waals surface area contributed by atoms with E-state index in [1.165, 1.54) is 25.3 Å². The van der Waals surface area contributed by atoms with Gasteiger partial charge in [0.2, 0.25) is 0 Å². The van der Waals surface area contributed by atoms with Gasteiger partial charge in [0.05, 0.1) is 18.6 Å². The zero-order chi connectivity index (χ0) is 21.9. The highest BCUT2D eigenvalue weighted by atomic mass is 19.1. The van der Waals surface area contributed by atoms with Crippen LogP contribution in [0.5, 0.6) is 0 Å². The predicted octanol–water partition coefficient (Wildman–Crippen LogP) is 2.23. The van der Waals surface area contributed by atoms with Crippen molar-refractivity contribution in [1.29, 1.82) is 0 Å². The third-order valence-electron chi connectivity index (χ3n) is 5.81. The second kappa shape index (κ2) is 8.93. The number of carboxylic acids is 1. The Hall–Kier alpha value is -2.78. The van der Waals surface area contributed by atoms with E-state index in [1.807, 2.05) is 0 Å². The van der Waals surface area contributed by atoms with Gasteiger partial charge in [-0.15, -0.1) is 0 Å². The van der Waals surface area contributed by atoms with Crippen molar-refractivity contribution in [1.82, 2.24) is 4.90 Å². The van der Waals surface area contributed by atoms with Crippen LogP contribution in [0.4, 0.5) is 9.18 Å². The third kappa shape index (κ3) is 3.82. The van der Waals surface area contributed by atoms with Gasteiger partial charge in [0.15, 0.2) is 0 Å². The van der Waals surface area contributed by atoms with Gasteiger partial charge in [0.1, 0.15) is 31.0 Å². The molecule has 162 valence electrons. The molecule has 0 saturated heterocycles. The quantitative estimate of drug-likeness (QED) is 0.351. The first-order chi connectivity index (χ1) is 14.4. The molecular weight excluding hydrogens is 397 g/mol. The summed E-state index contributed by atoms with van der Waals surface area (Å²) in [6.45, 7) is 3.20. The van der Waals surface area contributed by atoms with Crippen molar-refractivity contribution in [3.63, 3.8) is 0 Å². The second-order valence-electron chi connectivity index (χ2n) is 7.43. The molecule has 0 spiro atoms. The van der Waals surface area contributed by atoms with E-state index < -0.39 is 35.5 Å². The summed E-state index contributed by atoms with van der Waals surface area (Å²) in [5.74, 6) is -3.09. The molecule has 3 rings (SSSR count). The SMILES string of the molecule is C=CCOC(=O)N(COC)[C@]1(C=O)[C@H]2[C@@H](C[C@H]1OCc1ccc(F)cc1)[C@@H]2C(=O)O. The fraction of sp³-hybridized carbons (Fsp3) is 0.476. The Kier molecular flexibility index (Phi) is 6.52. The van der Waals surface area contributed by atoms with E-state index in [0.29, 0.717) is 11.8 Å². The van der Waals surface area contributed by atoms with Gasteiger partial charge < -0.3 is 24.1 Å². The zero-order valence-electron chi connectivity index (χ0n) is 16.5. The molecule has 2 fully saturated rings. The highest BCUT2D eigenvalue weighted by molar-refractivity contribution is 5.84. The number of nitrogens with zero attached hydrogens (tertiary/aromatic N) is 1. The van der Waals surface area contributed by atoms with E-state index in [0.717, 1.165) is 4.90 Å². The molecule has 1 aromatic carbocycles. The number of carboxylic acid groups (broad SMARTS) is 1. The third-order valence-corrected chi connectivity index (χ3v) is 5.81. The lowest BCUT2D eigenvalue weighted by Gasteiger charge is -2.42. The molecule has 1 aromatic rings. The molecule has 2 aliphatic carbocycles. The van der Waals surface area contributed by atoms with Gasteiger partial charge in [-0.25, -0.2) is 9.18 Å². The highest BCUT2D eigenvalue weighted by Crippen LogP contribution is 2.64. The van der Waals surface area contributed by atoms with Crippen LogP contribution < -0.4 is 0 Å². The Labute approximate surface area is 173 Å². The standard InChI is InChI=1S/C21H24FNO7/c1-3-8-29-20(27)23(12-28-2)21(11-24)16(9-15-17(18(15)21)19(25)26)30-10-13-4-6-14(22)7-5-13/h3-7,11,15-18H,1,8-10,12H2,2H3,(H,25,26)/t15-,16+,17-,18-,21-/m0/s1. The number of aldehydes is 1. The Morgan fingerprint density at radius 1 is 1.37 bits per heavy atom. The fourth-order valence-electron chi connectivity index (χ4n) is 4.50. The number of methoxy groups -OCH3 is 1. The van der Waals surface area contributed by atoms with Gasteiger partial charge in [-0.2, -0.15) is 0 Å². The summed E-state index contributed by atoms with van der Waals surface area (Å²) >= 11 is 0. The number of amides is 1. The molecule has 0 bridgehead atoms. The molecule has 9 heteroatoms. The van der Waals surface area contributed by atoms with Gasteiger partial charge in [-0.3, -0.25) is 9.69 Å². The Morgan fingerprint density at radius 2 is 2.07 bits per heavy atom. The number of benzene rings is 1. The zero-order valence-corrected chi connectivity index (χ0v) is 16.5. The number of halogens is 1. The van der Waals surface area contributed by atoms with Crippen LogP contribution in [-0.2, 0) is 30.4 Å². The minimum absolute atomic E-state index is 0.0697. The maximum Gasteiger partial charge on any atom is 0.412 e. The van der Waals surface area contributed by atoms with Gasteiger partial charge in [-0.05, 0) is 30.0 Å². The summed E-state index contributed by atoms with van der Waals surface area (Å²) in [5.41, 5.74) is -0.874. The summed E-state index contributed by atoms with van der Waals surface area (Å²) < 4.78 is 29.4. The first-order valence-electron chi connectivity index (χ1n) is 9.50. The molecule has 0 aliphatic heterocycles. The van der Waals surface area contributed by atoms with Crippen molar-refractivity contribution in [2.45, 2.75) is 24.7 Å². The number of rotatable bonds is 10. The molecule has 2 saturated carbocycles. The average molecular weight is 421 g/mol. The number of fused-ring (bicyclic) bond motifs is 1. The smallest absolute Gasteiger partial charge is 0.412 e. The van der Waals surface area contributed by atoms with E-state index in [1.54, 1.807) is 12.1 Å². The lowest BCUT2D eigenvalue weighted by Crippen LogP contribution is -2.62. The van der Waals surface area contributed by atoms with Crippen LogP contribution in [0.15, 0.2) is 36.9 Å². The van der Waals surface area contributed by atoms with Crippen LogP contribution in [0.3, 0.4) is 0 Å². The van der Waals surface area contributed by atoms with Gasteiger partial charge in [0, 0.05) is 13.0 Å². The van der Waals surface area contributed by atoms with Crippen molar-refractivity contribution in [2.75, 3.05) is 20.4 Å². The van der Waals surface area contributed by atoms with E-state index in [4.69, 9.17) is 14.2 Å². The summed E-state index contributed by atoms with van der Waals surface area (Å²) in [6.07, 6.45) is 0.654. The monoisotopic (exact) mass is 421 g/mol. The molecule has 1 N–H and O–H groups in total. The van der Waals surface area contributed by atoms with Gasteiger partial charge >= 0.3 is 12.1 Å². The number of aliphatic carboxylic acids is 1. The lowest BCUT2D eigenvalue weighted by molar-refractivity contribution is -0.146. The van der Waals surface area contributed by atoms with E-state index in [-0.39, 0.29) is 38.1 Å². The van der Waals surface area contributed by atoms with Crippen LogP contribution in [0.1, 0.15) is 12.0 Å². The molecule has 30 heavy (non-hydrogen) atoms.